The summed E-state index contributed by atoms with van der Waals surface area (Å²) in [4.78, 5) is 19.5. The highest BCUT2D eigenvalue weighted by molar-refractivity contribution is 6.07. The molecular formula is C16H17F2N5O. The number of nitrogens with zero attached hydrogens (tertiary/aromatic N) is 3. The van der Waals surface area contributed by atoms with E-state index in [2.05, 4.69) is 20.4 Å². The lowest BCUT2D eigenvalue weighted by Crippen LogP contribution is -2.16. The summed E-state index contributed by atoms with van der Waals surface area (Å²) in [6.45, 7) is 4.35. The van der Waals surface area contributed by atoms with Gasteiger partial charge >= 0.3 is 0 Å². The van der Waals surface area contributed by atoms with Gasteiger partial charge in [-0.3, -0.25) is 9.48 Å². The first-order valence-corrected chi connectivity index (χ1v) is 7.54. The highest BCUT2D eigenvalue weighted by Gasteiger charge is 2.24. The number of para-hydroxylation sites is 1. The number of aromatic amines is 1. The quantitative estimate of drug-likeness (QED) is 0.749. The van der Waals surface area contributed by atoms with Gasteiger partial charge in [-0.2, -0.15) is 5.10 Å². The van der Waals surface area contributed by atoms with Crippen molar-refractivity contribution in [1.82, 2.24) is 19.7 Å². The Balaban J connectivity index is 1.91. The van der Waals surface area contributed by atoms with Crippen molar-refractivity contribution in [3.63, 3.8) is 0 Å². The Morgan fingerprint density at radius 1 is 1.38 bits per heavy atom. The summed E-state index contributed by atoms with van der Waals surface area (Å²) in [5.41, 5.74) is 1.11. The van der Waals surface area contributed by atoms with Crippen molar-refractivity contribution in [3.05, 3.63) is 42.0 Å². The van der Waals surface area contributed by atoms with Crippen molar-refractivity contribution < 1.29 is 13.6 Å². The van der Waals surface area contributed by atoms with Crippen molar-refractivity contribution >= 4 is 22.6 Å². The number of carbonyl (C=O) groups is 1. The molecule has 0 bridgehead atoms. The minimum absolute atomic E-state index is 0.226. The van der Waals surface area contributed by atoms with Gasteiger partial charge in [-0.15, -0.1) is 0 Å². The van der Waals surface area contributed by atoms with Crippen LogP contribution in [-0.4, -0.2) is 25.7 Å². The van der Waals surface area contributed by atoms with Gasteiger partial charge in [-0.1, -0.05) is 19.9 Å². The number of nitrogens with one attached hydrogen (secondary N) is 2. The fraction of sp³-hybridized carbons (Fsp3) is 0.312. The molecule has 0 unspecified atom stereocenters. The number of rotatable bonds is 5. The minimum Gasteiger partial charge on any atom is -0.345 e. The monoisotopic (exact) mass is 333 g/mol. The highest BCUT2D eigenvalue weighted by Crippen LogP contribution is 2.25. The van der Waals surface area contributed by atoms with E-state index in [0.717, 1.165) is 5.52 Å². The maximum absolute atomic E-state index is 13.2. The van der Waals surface area contributed by atoms with Crippen LogP contribution < -0.4 is 5.32 Å². The highest BCUT2D eigenvalue weighted by atomic mass is 19.3. The fourth-order valence-electron chi connectivity index (χ4n) is 2.49. The molecule has 0 aliphatic rings. The molecule has 24 heavy (non-hydrogen) atoms. The second-order valence-electron chi connectivity index (χ2n) is 5.91. The normalized spacial score (nSPS) is 11.6. The van der Waals surface area contributed by atoms with E-state index in [1.54, 1.807) is 18.2 Å². The van der Waals surface area contributed by atoms with Crippen LogP contribution in [0, 0.1) is 5.92 Å². The van der Waals surface area contributed by atoms with Gasteiger partial charge in [-0.05, 0) is 18.1 Å². The number of hydrogen-bond donors (Lipinski definition) is 2. The van der Waals surface area contributed by atoms with Crippen LogP contribution in [0.4, 0.5) is 14.5 Å². The Bertz CT molecular complexity index is 868. The molecule has 3 aromatic rings. The van der Waals surface area contributed by atoms with Crippen LogP contribution >= 0.6 is 0 Å². The zero-order valence-corrected chi connectivity index (χ0v) is 13.3. The van der Waals surface area contributed by atoms with Crippen LogP contribution in [0.25, 0.3) is 11.0 Å². The molecule has 0 aliphatic heterocycles. The lowest BCUT2D eigenvalue weighted by atomic mass is 10.2. The van der Waals surface area contributed by atoms with E-state index in [4.69, 9.17) is 0 Å². The van der Waals surface area contributed by atoms with E-state index in [-0.39, 0.29) is 17.2 Å². The molecule has 8 heteroatoms. The van der Waals surface area contributed by atoms with Gasteiger partial charge in [0.25, 0.3) is 12.3 Å². The van der Waals surface area contributed by atoms with E-state index >= 15 is 0 Å². The lowest BCUT2D eigenvalue weighted by Gasteiger charge is -2.06. The Labute approximate surface area is 136 Å². The number of fused-ring (bicyclic) bond motifs is 1. The van der Waals surface area contributed by atoms with Crippen LogP contribution in [0.1, 0.15) is 36.3 Å². The molecule has 0 saturated heterocycles. The summed E-state index contributed by atoms with van der Waals surface area (Å²) in [5.74, 6) is -0.451. The third-order valence-corrected chi connectivity index (χ3v) is 3.49. The molecule has 126 valence electrons. The molecule has 2 heterocycles. The predicted octanol–water partition coefficient (Wildman–Crippen LogP) is 3.61. The van der Waals surface area contributed by atoms with E-state index in [0.29, 0.717) is 17.7 Å². The number of anilines is 1. The second kappa shape index (κ2) is 6.38. The van der Waals surface area contributed by atoms with Crippen molar-refractivity contribution in [1.29, 1.82) is 0 Å². The molecule has 3 rings (SSSR count). The molecule has 0 saturated carbocycles. The summed E-state index contributed by atoms with van der Waals surface area (Å²) in [5, 5.41) is 6.65. The summed E-state index contributed by atoms with van der Waals surface area (Å²) in [7, 11) is 0. The maximum atomic E-state index is 13.2. The third kappa shape index (κ3) is 3.12. The SMILES string of the molecule is CC(C)Cn1cc(C(F)F)c(C(=O)Nc2cccc3[nH]cnc23)n1. The van der Waals surface area contributed by atoms with Gasteiger partial charge in [0.05, 0.1) is 23.1 Å². The van der Waals surface area contributed by atoms with Gasteiger partial charge in [0.15, 0.2) is 5.69 Å². The van der Waals surface area contributed by atoms with Crippen LogP contribution in [0.15, 0.2) is 30.7 Å². The van der Waals surface area contributed by atoms with Crippen molar-refractivity contribution in [2.75, 3.05) is 5.32 Å². The number of hydrogen-bond acceptors (Lipinski definition) is 3. The van der Waals surface area contributed by atoms with Crippen molar-refractivity contribution in [2.45, 2.75) is 26.8 Å². The van der Waals surface area contributed by atoms with Gasteiger partial charge in [-0.25, -0.2) is 13.8 Å². The smallest absolute Gasteiger partial charge is 0.276 e. The number of alkyl halides is 2. The van der Waals surface area contributed by atoms with Crippen molar-refractivity contribution in [3.8, 4) is 0 Å². The first-order valence-electron chi connectivity index (χ1n) is 7.54. The summed E-state index contributed by atoms with van der Waals surface area (Å²) < 4.78 is 27.8. The molecule has 0 radical (unpaired) electrons. The average molecular weight is 333 g/mol. The van der Waals surface area contributed by atoms with E-state index in [1.807, 2.05) is 13.8 Å². The van der Waals surface area contributed by atoms with E-state index in [9.17, 15) is 13.6 Å². The molecule has 0 spiro atoms. The largest absolute Gasteiger partial charge is 0.345 e. The van der Waals surface area contributed by atoms with Gasteiger partial charge in [0.2, 0.25) is 0 Å². The topological polar surface area (TPSA) is 75.6 Å². The van der Waals surface area contributed by atoms with Gasteiger partial charge in [0, 0.05) is 12.7 Å². The van der Waals surface area contributed by atoms with Crippen LogP contribution in [0.5, 0.6) is 0 Å². The average Bonchev–Trinajstić information content (AvgIpc) is 3.13. The van der Waals surface area contributed by atoms with Crippen LogP contribution in [0.2, 0.25) is 0 Å². The number of aromatic nitrogens is 4. The molecule has 0 atom stereocenters. The first-order chi connectivity index (χ1) is 11.5. The van der Waals surface area contributed by atoms with Gasteiger partial charge in [0.1, 0.15) is 5.52 Å². The molecule has 0 fully saturated rings. The van der Waals surface area contributed by atoms with Crippen LogP contribution in [0.3, 0.4) is 0 Å². The zero-order chi connectivity index (χ0) is 17.3. The molecular weight excluding hydrogens is 316 g/mol. The molecule has 0 aliphatic carbocycles. The number of H-pyrrole nitrogens is 1. The summed E-state index contributed by atoms with van der Waals surface area (Å²) in [6.07, 6.45) is -0.0374. The molecule has 6 nitrogen and oxygen atoms in total. The second-order valence-corrected chi connectivity index (χ2v) is 5.91. The Morgan fingerprint density at radius 3 is 2.88 bits per heavy atom. The van der Waals surface area contributed by atoms with Crippen molar-refractivity contribution in [2.24, 2.45) is 5.92 Å². The molecule has 1 amide bonds. The number of benzene rings is 1. The zero-order valence-electron chi connectivity index (χ0n) is 13.3. The number of carbonyl (C=O) groups excluding carboxylic acids is 1. The van der Waals surface area contributed by atoms with E-state index < -0.39 is 12.3 Å². The van der Waals surface area contributed by atoms with Gasteiger partial charge < -0.3 is 10.3 Å². The third-order valence-electron chi connectivity index (χ3n) is 3.49. The Kier molecular flexibility index (Phi) is 4.28. The first kappa shape index (κ1) is 16.1. The van der Waals surface area contributed by atoms with E-state index in [1.165, 1.54) is 17.2 Å². The Hall–Kier alpha value is -2.77. The number of imidazole rings is 1. The standard InChI is InChI=1S/C16H17F2N5O/c1-9(2)6-23-7-10(15(17)18)13(22-23)16(24)21-12-5-3-4-11-14(12)20-8-19-11/h3-5,7-9,15H,6H2,1-2H3,(H,19,20)(H,21,24). The Morgan fingerprint density at radius 2 is 2.17 bits per heavy atom. The molecule has 1 aromatic carbocycles. The molecule has 2 N–H and O–H groups in total. The van der Waals surface area contributed by atoms with Crippen LogP contribution in [-0.2, 0) is 6.54 Å². The predicted molar refractivity (Wildman–Crippen MR) is 86.1 cm³/mol. The summed E-state index contributed by atoms with van der Waals surface area (Å²) in [6, 6.07) is 5.20. The molecule has 2 aromatic heterocycles. The summed E-state index contributed by atoms with van der Waals surface area (Å²) >= 11 is 0. The fourth-order valence-corrected chi connectivity index (χ4v) is 2.49. The number of halogens is 2. The lowest BCUT2D eigenvalue weighted by molar-refractivity contribution is 0.100. The number of amides is 1. The maximum Gasteiger partial charge on any atom is 0.276 e. The minimum atomic E-state index is -2.77.